The summed E-state index contributed by atoms with van der Waals surface area (Å²) in [7, 11) is 0. The molecule has 1 aromatic rings. The summed E-state index contributed by atoms with van der Waals surface area (Å²) in [4.78, 5) is 4.22. The number of hydrogen-bond acceptors (Lipinski definition) is 3. The van der Waals surface area contributed by atoms with Crippen molar-refractivity contribution in [2.75, 3.05) is 0 Å². The summed E-state index contributed by atoms with van der Waals surface area (Å²) < 4.78 is 0. The molecule has 1 rings (SSSR count). The maximum Gasteiger partial charge on any atom is 0.0775 e. The minimum absolute atomic E-state index is 0.0638. The van der Waals surface area contributed by atoms with E-state index >= 15 is 0 Å². The standard InChI is InChI=1S/C11H16ClN3/c1-3-8(2)7-10(15-13)11-9(12)5-4-6-14-11/h4-6,10,15H,2-3,7,13H2,1H3. The lowest BCUT2D eigenvalue weighted by molar-refractivity contribution is 0.532. The van der Waals surface area contributed by atoms with Gasteiger partial charge in [0.15, 0.2) is 0 Å². The number of nitrogens with zero attached hydrogens (tertiary/aromatic N) is 1. The maximum absolute atomic E-state index is 6.04. The van der Waals surface area contributed by atoms with Gasteiger partial charge >= 0.3 is 0 Å². The highest BCUT2D eigenvalue weighted by Gasteiger charge is 2.14. The van der Waals surface area contributed by atoms with E-state index in [4.69, 9.17) is 17.4 Å². The fourth-order valence-electron chi connectivity index (χ4n) is 1.32. The van der Waals surface area contributed by atoms with Gasteiger partial charge in [-0.05, 0) is 25.0 Å². The van der Waals surface area contributed by atoms with Gasteiger partial charge in [-0.2, -0.15) is 0 Å². The number of nitrogens with two attached hydrogens (primary N) is 1. The molecule has 3 N–H and O–H groups in total. The molecule has 1 unspecified atom stereocenters. The van der Waals surface area contributed by atoms with Crippen LogP contribution >= 0.6 is 11.6 Å². The second-order valence-corrected chi connectivity index (χ2v) is 3.80. The van der Waals surface area contributed by atoms with E-state index in [1.165, 1.54) is 0 Å². The summed E-state index contributed by atoms with van der Waals surface area (Å²) in [6.45, 7) is 6.02. The average molecular weight is 226 g/mol. The van der Waals surface area contributed by atoms with Crippen LogP contribution in [0.1, 0.15) is 31.5 Å². The zero-order valence-electron chi connectivity index (χ0n) is 8.83. The van der Waals surface area contributed by atoms with E-state index in [-0.39, 0.29) is 6.04 Å². The van der Waals surface area contributed by atoms with Gasteiger partial charge in [0.1, 0.15) is 0 Å². The number of halogens is 1. The van der Waals surface area contributed by atoms with Crippen LogP contribution in [-0.4, -0.2) is 4.98 Å². The van der Waals surface area contributed by atoms with Gasteiger partial charge in [0.2, 0.25) is 0 Å². The Morgan fingerprint density at radius 1 is 1.73 bits per heavy atom. The first-order valence-electron chi connectivity index (χ1n) is 4.92. The summed E-state index contributed by atoms with van der Waals surface area (Å²) >= 11 is 6.04. The van der Waals surface area contributed by atoms with Crippen LogP contribution in [0.15, 0.2) is 30.5 Å². The second-order valence-electron chi connectivity index (χ2n) is 3.40. The van der Waals surface area contributed by atoms with Crippen molar-refractivity contribution in [3.63, 3.8) is 0 Å². The SMILES string of the molecule is C=C(CC)CC(NN)c1ncccc1Cl. The lowest BCUT2D eigenvalue weighted by Gasteiger charge is -2.17. The number of aromatic nitrogens is 1. The van der Waals surface area contributed by atoms with Crippen LogP contribution in [0.4, 0.5) is 0 Å². The molecule has 1 atom stereocenters. The summed E-state index contributed by atoms with van der Waals surface area (Å²) in [6.07, 6.45) is 3.40. The zero-order valence-corrected chi connectivity index (χ0v) is 9.59. The predicted octanol–water partition coefficient (Wildman–Crippen LogP) is 2.60. The van der Waals surface area contributed by atoms with Crippen molar-refractivity contribution >= 4 is 11.6 Å². The van der Waals surface area contributed by atoms with Crippen LogP contribution in [0.25, 0.3) is 0 Å². The minimum Gasteiger partial charge on any atom is -0.271 e. The molecule has 0 aliphatic carbocycles. The fourth-order valence-corrected chi connectivity index (χ4v) is 1.58. The molecule has 0 amide bonds. The molecule has 4 heteroatoms. The molecule has 82 valence electrons. The minimum atomic E-state index is -0.0638. The zero-order chi connectivity index (χ0) is 11.3. The van der Waals surface area contributed by atoms with Crippen molar-refractivity contribution in [3.8, 4) is 0 Å². The molecular weight excluding hydrogens is 210 g/mol. The molecule has 0 radical (unpaired) electrons. The lowest BCUT2D eigenvalue weighted by atomic mass is 10.0. The van der Waals surface area contributed by atoms with Crippen LogP contribution in [0.2, 0.25) is 5.02 Å². The highest BCUT2D eigenvalue weighted by Crippen LogP contribution is 2.25. The molecule has 0 bridgehead atoms. The molecule has 0 spiro atoms. The van der Waals surface area contributed by atoms with Gasteiger partial charge in [0.05, 0.1) is 16.8 Å². The van der Waals surface area contributed by atoms with Crippen molar-refractivity contribution in [1.29, 1.82) is 0 Å². The van der Waals surface area contributed by atoms with Crippen LogP contribution in [0.3, 0.4) is 0 Å². The molecular formula is C11H16ClN3. The van der Waals surface area contributed by atoms with Crippen molar-refractivity contribution in [2.45, 2.75) is 25.8 Å². The van der Waals surface area contributed by atoms with E-state index in [0.29, 0.717) is 5.02 Å². The smallest absolute Gasteiger partial charge is 0.0775 e. The van der Waals surface area contributed by atoms with Gasteiger partial charge < -0.3 is 0 Å². The third-order valence-electron chi connectivity index (χ3n) is 2.31. The quantitative estimate of drug-likeness (QED) is 0.460. The summed E-state index contributed by atoms with van der Waals surface area (Å²) in [5.74, 6) is 5.49. The maximum atomic E-state index is 6.04. The third kappa shape index (κ3) is 3.30. The first-order chi connectivity index (χ1) is 7.19. The van der Waals surface area contributed by atoms with E-state index in [1.54, 1.807) is 12.3 Å². The van der Waals surface area contributed by atoms with Crippen molar-refractivity contribution in [3.05, 3.63) is 41.2 Å². The number of pyridine rings is 1. The topological polar surface area (TPSA) is 50.9 Å². The Labute approximate surface area is 95.3 Å². The van der Waals surface area contributed by atoms with Crippen LogP contribution in [0.5, 0.6) is 0 Å². The van der Waals surface area contributed by atoms with Crippen molar-refractivity contribution in [1.82, 2.24) is 10.4 Å². The number of hydrogen-bond donors (Lipinski definition) is 2. The summed E-state index contributed by atoms with van der Waals surface area (Å²) in [5, 5.41) is 0.629. The Balaban J connectivity index is 2.83. The van der Waals surface area contributed by atoms with Gasteiger partial charge in [0.25, 0.3) is 0 Å². The summed E-state index contributed by atoms with van der Waals surface area (Å²) in [5.41, 5.74) is 4.62. The van der Waals surface area contributed by atoms with Crippen molar-refractivity contribution in [2.24, 2.45) is 5.84 Å². The predicted molar refractivity (Wildman–Crippen MR) is 63.4 cm³/mol. The molecule has 1 heterocycles. The molecule has 0 saturated carbocycles. The number of hydrazine groups is 1. The van der Waals surface area contributed by atoms with Gasteiger partial charge in [-0.1, -0.05) is 30.7 Å². The lowest BCUT2D eigenvalue weighted by Crippen LogP contribution is -2.29. The van der Waals surface area contributed by atoms with E-state index in [0.717, 1.165) is 24.1 Å². The van der Waals surface area contributed by atoms with Crippen molar-refractivity contribution < 1.29 is 0 Å². The highest BCUT2D eigenvalue weighted by molar-refractivity contribution is 6.31. The van der Waals surface area contributed by atoms with Crippen LogP contribution in [-0.2, 0) is 0 Å². The molecule has 0 aromatic carbocycles. The molecule has 0 aliphatic heterocycles. The van der Waals surface area contributed by atoms with E-state index < -0.39 is 0 Å². The number of rotatable bonds is 5. The highest BCUT2D eigenvalue weighted by atomic mass is 35.5. The molecule has 3 nitrogen and oxygen atoms in total. The normalized spacial score (nSPS) is 12.5. The summed E-state index contributed by atoms with van der Waals surface area (Å²) in [6, 6.07) is 3.54. The van der Waals surface area contributed by atoms with Crippen LogP contribution < -0.4 is 11.3 Å². The first-order valence-corrected chi connectivity index (χ1v) is 5.30. The Kier molecular flexibility index (Phi) is 4.75. The van der Waals surface area contributed by atoms with Gasteiger partial charge in [-0.15, -0.1) is 0 Å². The fraction of sp³-hybridized carbons (Fsp3) is 0.364. The van der Waals surface area contributed by atoms with E-state index in [2.05, 4.69) is 23.9 Å². The average Bonchev–Trinajstić information content (AvgIpc) is 2.26. The van der Waals surface area contributed by atoms with Gasteiger partial charge in [-0.3, -0.25) is 16.3 Å². The molecule has 0 fully saturated rings. The largest absolute Gasteiger partial charge is 0.271 e. The molecule has 0 saturated heterocycles. The second kappa shape index (κ2) is 5.85. The monoisotopic (exact) mass is 225 g/mol. The first kappa shape index (κ1) is 12.2. The Hall–Kier alpha value is -0.900. The van der Waals surface area contributed by atoms with Gasteiger partial charge in [-0.25, -0.2) is 0 Å². The van der Waals surface area contributed by atoms with E-state index in [1.807, 2.05) is 6.07 Å². The number of nitrogens with one attached hydrogen (secondary N) is 1. The Bertz CT molecular complexity index is 338. The van der Waals surface area contributed by atoms with E-state index in [9.17, 15) is 0 Å². The van der Waals surface area contributed by atoms with Gasteiger partial charge in [0, 0.05) is 6.20 Å². The molecule has 15 heavy (non-hydrogen) atoms. The Morgan fingerprint density at radius 2 is 2.47 bits per heavy atom. The Morgan fingerprint density at radius 3 is 3.00 bits per heavy atom. The third-order valence-corrected chi connectivity index (χ3v) is 2.63. The molecule has 1 aromatic heterocycles. The molecule has 0 aliphatic rings. The van der Waals surface area contributed by atoms with Crippen LogP contribution in [0, 0.1) is 0 Å².